The molecule has 0 saturated heterocycles. The van der Waals surface area contributed by atoms with Crippen LogP contribution >= 0.6 is 71.3 Å². The fourth-order valence-electron chi connectivity index (χ4n) is 11.3. The van der Waals surface area contributed by atoms with Gasteiger partial charge in [-0.05, 0) is 139 Å². The van der Waals surface area contributed by atoms with Crippen LogP contribution in [0.4, 0.5) is 0 Å². The Labute approximate surface area is 656 Å². The number of Topliss-reactive ketones (excluding diaryl/α,β-unsaturated/α-hetero) is 4. The number of carboxylic acids is 1. The number of nitrogens with one attached hydrogen (secondary N) is 5. The number of carboxylic acid groups (broad SMARTS) is 1. The molecule has 0 fully saturated rings. The molecular formula is C78H104Br4N9O14P. The molecular weight excluding hydrogens is 1640 g/mol. The van der Waals surface area contributed by atoms with E-state index in [1.54, 1.807) is 37.3 Å². The number of aromatic nitrogens is 4. The van der Waals surface area contributed by atoms with Gasteiger partial charge in [0.15, 0.2) is 11.9 Å². The molecule has 0 aliphatic carbocycles. The molecule has 23 nitrogen and oxygen atoms in total. The Morgan fingerprint density at radius 2 is 0.840 bits per heavy atom. The topological polar surface area (TPSA) is 366 Å². The van der Waals surface area contributed by atoms with Crippen molar-refractivity contribution in [1.29, 1.82) is 0 Å². The molecule has 5 aromatic carbocycles. The first kappa shape index (κ1) is 92.9. The van der Waals surface area contributed by atoms with Crippen molar-refractivity contribution in [1.82, 2.24) is 41.9 Å². The summed E-state index contributed by atoms with van der Waals surface area (Å²) in [6, 6.07) is 36.9. The highest BCUT2D eigenvalue weighted by Gasteiger charge is 2.31. The SMILES string of the molecule is CC(C)C[C@H](CC(=O)Cc1ccc(Br)cc1)C(=O)NCc1nn[nH]n1.CC(C)C[C@H](CC(=O)Cc1ccc(Br)cc1)C(=O)N[C@H](C(=O)O)c1ccccc1.CCC[C@H](NC(=O)[C@@H](CC(=O)Cc1ccc(Br)cc1)CC(C)C)C(N)=O.CCOP(=O)(O)CNC(=O)[C@@H](CC(=O)Cc1ccc(Br)cc1)CC(C)C. The minimum absolute atomic E-state index is 0.0132. The molecule has 0 aliphatic rings. The van der Waals surface area contributed by atoms with Crippen molar-refractivity contribution in [3.63, 3.8) is 0 Å². The minimum atomic E-state index is -3.84. The van der Waals surface area contributed by atoms with Crippen LogP contribution in [0.25, 0.3) is 0 Å². The largest absolute Gasteiger partial charge is 0.479 e. The average Bonchev–Trinajstić information content (AvgIpc) is 0.881. The first-order valence-electron chi connectivity index (χ1n) is 35.5. The summed E-state index contributed by atoms with van der Waals surface area (Å²) in [5, 5.41) is 33.5. The third kappa shape index (κ3) is 39.5. The van der Waals surface area contributed by atoms with Crippen molar-refractivity contribution < 1.29 is 67.0 Å². The van der Waals surface area contributed by atoms with E-state index in [2.05, 4.69) is 106 Å². The minimum Gasteiger partial charge on any atom is -0.479 e. The Morgan fingerprint density at radius 1 is 0.500 bits per heavy atom. The van der Waals surface area contributed by atoms with E-state index in [1.165, 1.54) is 0 Å². The summed E-state index contributed by atoms with van der Waals surface area (Å²) in [6.07, 6.45) is 4.80. The summed E-state index contributed by atoms with van der Waals surface area (Å²) in [6.45, 7) is 19.8. The number of carbonyl (C=O) groups is 10. The lowest BCUT2D eigenvalue weighted by Gasteiger charge is -2.21. The van der Waals surface area contributed by atoms with Crippen LogP contribution in [0.15, 0.2) is 145 Å². The number of hydrogen-bond acceptors (Lipinski definition) is 15. The molecule has 578 valence electrons. The molecule has 7 atom stereocenters. The van der Waals surface area contributed by atoms with Gasteiger partial charge >= 0.3 is 13.6 Å². The maximum Gasteiger partial charge on any atom is 0.347 e. The maximum absolute atomic E-state index is 12.9. The van der Waals surface area contributed by atoms with Crippen molar-refractivity contribution >= 4 is 130 Å². The molecule has 6 rings (SSSR count). The van der Waals surface area contributed by atoms with Gasteiger partial charge in [0.25, 0.3) is 0 Å². The zero-order valence-corrected chi connectivity index (χ0v) is 69.3. The summed E-state index contributed by atoms with van der Waals surface area (Å²) in [7, 11) is -3.84. The van der Waals surface area contributed by atoms with Gasteiger partial charge in [0.1, 0.15) is 35.5 Å². The van der Waals surface area contributed by atoms with Crippen LogP contribution < -0.4 is 27.0 Å². The van der Waals surface area contributed by atoms with Crippen molar-refractivity contribution in [2.45, 2.75) is 178 Å². The molecule has 0 bridgehead atoms. The predicted molar refractivity (Wildman–Crippen MR) is 423 cm³/mol. The van der Waals surface area contributed by atoms with Gasteiger partial charge in [0.05, 0.1) is 13.2 Å². The number of aromatic amines is 1. The first-order valence-corrected chi connectivity index (χ1v) is 40.4. The summed E-state index contributed by atoms with van der Waals surface area (Å²) in [5.74, 6) is -3.35. The Balaban J connectivity index is 0.000000367. The van der Waals surface area contributed by atoms with Crippen LogP contribution in [0.2, 0.25) is 0 Å². The van der Waals surface area contributed by atoms with Gasteiger partial charge in [-0.25, -0.2) is 4.79 Å². The highest BCUT2D eigenvalue weighted by Crippen LogP contribution is 2.40. The zero-order valence-electron chi connectivity index (χ0n) is 62.1. The summed E-state index contributed by atoms with van der Waals surface area (Å²) >= 11 is 13.5. The van der Waals surface area contributed by atoms with Gasteiger partial charge in [-0.15, -0.1) is 10.2 Å². The highest BCUT2D eigenvalue weighted by molar-refractivity contribution is 9.11. The number of rotatable bonds is 41. The van der Waals surface area contributed by atoms with Gasteiger partial charge in [-0.2, -0.15) is 5.21 Å². The summed E-state index contributed by atoms with van der Waals surface area (Å²) < 4.78 is 20.2. The molecule has 1 unspecified atom stereocenters. The third-order valence-corrected chi connectivity index (χ3v) is 19.5. The number of nitrogens with two attached hydrogens (primary N) is 1. The van der Waals surface area contributed by atoms with E-state index in [9.17, 15) is 62.5 Å². The second-order valence-corrected chi connectivity index (χ2v) is 33.2. The lowest BCUT2D eigenvalue weighted by atomic mass is 9.89. The highest BCUT2D eigenvalue weighted by atomic mass is 79.9. The third-order valence-electron chi connectivity index (χ3n) is 16.2. The monoisotopic (exact) mass is 1740 g/mol. The molecule has 0 radical (unpaired) electrons. The molecule has 9 N–H and O–H groups in total. The molecule has 1 aromatic heterocycles. The number of nitrogens with zero attached hydrogens (tertiary/aromatic N) is 3. The molecule has 5 amide bonds. The normalized spacial score (nSPS) is 13.3. The number of H-pyrrole nitrogens is 1. The van der Waals surface area contributed by atoms with Gasteiger partial charge < -0.3 is 41.5 Å². The number of benzene rings is 5. The molecule has 28 heteroatoms. The van der Waals surface area contributed by atoms with Crippen LogP contribution in [0.3, 0.4) is 0 Å². The van der Waals surface area contributed by atoms with E-state index in [0.29, 0.717) is 62.3 Å². The fourth-order valence-corrected chi connectivity index (χ4v) is 13.2. The number of hydrogen-bond donors (Lipinski definition) is 8. The molecule has 106 heavy (non-hydrogen) atoms. The van der Waals surface area contributed by atoms with Crippen LogP contribution in [0.1, 0.15) is 173 Å². The second kappa shape index (κ2) is 49.6. The number of amides is 5. The molecule has 6 aromatic rings. The van der Waals surface area contributed by atoms with Crippen LogP contribution in [0, 0.1) is 47.3 Å². The zero-order chi connectivity index (χ0) is 79.1. The molecule has 0 spiro atoms. The quantitative estimate of drug-likeness (QED) is 0.0165. The Bertz CT molecular complexity index is 3760. The molecule has 1 heterocycles. The van der Waals surface area contributed by atoms with E-state index in [-0.39, 0.29) is 110 Å². The van der Waals surface area contributed by atoms with Gasteiger partial charge in [0.2, 0.25) is 29.5 Å². The number of primary amides is 1. The van der Waals surface area contributed by atoms with Crippen molar-refractivity contribution in [3.05, 3.63) is 179 Å². The number of aliphatic carboxylic acids is 1. The predicted octanol–water partition coefficient (Wildman–Crippen LogP) is 14.3. The van der Waals surface area contributed by atoms with Crippen LogP contribution in [0.5, 0.6) is 0 Å². The van der Waals surface area contributed by atoms with Crippen molar-refractivity contribution in [3.8, 4) is 0 Å². The summed E-state index contributed by atoms with van der Waals surface area (Å²) in [4.78, 5) is 133. The lowest BCUT2D eigenvalue weighted by molar-refractivity contribution is -0.143. The van der Waals surface area contributed by atoms with Crippen LogP contribution in [-0.4, -0.2) is 108 Å². The maximum atomic E-state index is 12.9. The first-order chi connectivity index (χ1) is 50.0. The smallest absolute Gasteiger partial charge is 0.347 e. The molecule has 0 aliphatic heterocycles. The number of halogens is 4. The fraction of sp³-hybridized carbons (Fsp3) is 0.474. The second-order valence-electron chi connectivity index (χ2n) is 27.7. The Morgan fingerprint density at radius 3 is 1.14 bits per heavy atom. The van der Waals surface area contributed by atoms with E-state index >= 15 is 0 Å². The Kier molecular flexibility index (Phi) is 43.5. The summed E-state index contributed by atoms with van der Waals surface area (Å²) in [5.41, 5.74) is 9.50. The van der Waals surface area contributed by atoms with Gasteiger partial charge in [-0.3, -0.25) is 47.7 Å². The van der Waals surface area contributed by atoms with E-state index < -0.39 is 67.4 Å². The number of tetrazole rings is 1. The lowest BCUT2D eigenvalue weighted by Crippen LogP contribution is -2.47. The van der Waals surface area contributed by atoms with E-state index in [1.807, 2.05) is 159 Å². The van der Waals surface area contributed by atoms with Crippen molar-refractivity contribution in [2.75, 3.05) is 12.9 Å². The van der Waals surface area contributed by atoms with Crippen LogP contribution in [-0.2, 0) is 89.3 Å². The molecule has 0 saturated carbocycles. The van der Waals surface area contributed by atoms with E-state index in [4.69, 9.17) is 10.3 Å². The number of carbonyl (C=O) groups excluding carboxylic acids is 9. The average molecular weight is 1740 g/mol. The standard InChI is InChI=1S/C23H26BrNO4.C20H29BrN2O3.C18H27BrNO5P.C17H22BrN5O2/c1-15(2)12-18(14-20(26)13-16-8-10-19(24)11-9-16)22(27)25-21(23(28)29)17-6-4-3-5-7-17;1-4-5-18(19(22)25)23-20(26)15(10-13(2)3)12-17(24)11-14-6-8-16(21)9-7-14;1-4-25-26(23,24)12-20-18(22)15(9-13(2)3)11-17(21)10-14-5-7-16(19)8-6-14;1-11(2)7-13(17(25)19-10-16-20-22-23-21-16)9-15(24)8-12-3-5-14(18)6-4-12/h3-11,15,18,21H,12-14H2,1-2H3,(H,25,27)(H,28,29);6-9,13,15,18H,4-5,10-12H2,1-3H3,(H2,22,25)(H,23,26);5-8,13,15H,4,9-12H2,1-3H3,(H,20,22)(H,23,24);3-6,11,13H,7-10H2,1-2H3,(H,19,25)(H,20,21,22,23)/t18-,21+;15-,18+;15-;13-/m1111/s1. The van der Waals surface area contributed by atoms with Gasteiger partial charge in [0, 0.05) is 92.9 Å². The van der Waals surface area contributed by atoms with Gasteiger partial charge in [-0.1, -0.05) is 217 Å². The Hall–Kier alpha value is -7.26. The van der Waals surface area contributed by atoms with E-state index in [0.717, 1.165) is 46.6 Å². The van der Waals surface area contributed by atoms with Crippen molar-refractivity contribution in [2.24, 2.45) is 53.1 Å². The number of ketones is 4.